The number of rotatable bonds is 6. The summed E-state index contributed by atoms with van der Waals surface area (Å²) < 4.78 is 1.13. The Bertz CT molecular complexity index is 783. The number of thiazole rings is 1. The van der Waals surface area contributed by atoms with E-state index in [0.717, 1.165) is 27.9 Å². The van der Waals surface area contributed by atoms with Gasteiger partial charge in [-0.25, -0.2) is 4.98 Å². The number of anilines is 1. The highest BCUT2D eigenvalue weighted by Crippen LogP contribution is 2.25. The molecular weight excluding hydrogens is 392 g/mol. The minimum absolute atomic E-state index is 0.0228. The fourth-order valence-corrected chi connectivity index (χ4v) is 4.42. The number of aryl methyl sites for hydroxylation is 1. The lowest BCUT2D eigenvalue weighted by Crippen LogP contribution is -2.11. The molecule has 3 nitrogen and oxygen atoms in total. The van der Waals surface area contributed by atoms with E-state index in [4.69, 9.17) is 0 Å². The van der Waals surface area contributed by atoms with Gasteiger partial charge in [-0.1, -0.05) is 30.3 Å². The molecule has 3 aromatic rings. The van der Waals surface area contributed by atoms with Gasteiger partial charge in [-0.05, 0) is 40.9 Å². The maximum absolute atomic E-state index is 12.0. The molecule has 1 amide bonds. The maximum atomic E-state index is 12.0. The second-order valence-corrected chi connectivity index (χ2v) is 8.42. The highest BCUT2D eigenvalue weighted by molar-refractivity contribution is 9.11. The van der Waals surface area contributed by atoms with E-state index in [1.165, 1.54) is 16.2 Å². The van der Waals surface area contributed by atoms with Gasteiger partial charge in [-0.3, -0.25) is 4.79 Å². The van der Waals surface area contributed by atoms with E-state index in [1.807, 2.05) is 41.8 Å². The number of hydrogen-bond acceptors (Lipinski definition) is 4. The maximum Gasteiger partial charge on any atom is 0.226 e. The van der Waals surface area contributed by atoms with Crippen LogP contribution in [0, 0.1) is 0 Å². The zero-order chi connectivity index (χ0) is 16.1. The summed E-state index contributed by atoms with van der Waals surface area (Å²) in [6.07, 6.45) is 2.28. The number of thiophene rings is 1. The number of nitrogens with zero attached hydrogens (tertiary/aromatic N) is 1. The van der Waals surface area contributed by atoms with Crippen molar-refractivity contribution in [3.05, 3.63) is 56.5 Å². The first kappa shape index (κ1) is 16.4. The Morgan fingerprint density at radius 1 is 1.17 bits per heavy atom. The number of nitrogens with one attached hydrogen (secondary N) is 1. The molecule has 23 heavy (non-hydrogen) atoms. The third kappa shape index (κ3) is 4.73. The van der Waals surface area contributed by atoms with E-state index in [2.05, 4.69) is 32.3 Å². The second-order valence-electron chi connectivity index (χ2n) is 5.01. The van der Waals surface area contributed by atoms with E-state index in [1.54, 1.807) is 11.3 Å². The van der Waals surface area contributed by atoms with Crippen molar-refractivity contribution >= 4 is 49.6 Å². The number of halogens is 1. The first-order valence-corrected chi connectivity index (χ1v) is 9.74. The van der Waals surface area contributed by atoms with Crippen molar-refractivity contribution in [1.29, 1.82) is 0 Å². The average Bonchev–Trinajstić information content (AvgIpc) is 3.17. The summed E-state index contributed by atoms with van der Waals surface area (Å²) in [6.45, 7) is 0. The fourth-order valence-electron chi connectivity index (χ4n) is 2.16. The number of amides is 1. The highest BCUT2D eigenvalue weighted by Gasteiger charge is 2.08. The number of benzene rings is 1. The van der Waals surface area contributed by atoms with Gasteiger partial charge in [0.1, 0.15) is 0 Å². The molecule has 0 saturated heterocycles. The summed E-state index contributed by atoms with van der Waals surface area (Å²) in [5.74, 6) is 0.0228. The smallest absolute Gasteiger partial charge is 0.226 e. The third-order valence-corrected chi connectivity index (χ3v) is 5.72. The van der Waals surface area contributed by atoms with Crippen LogP contribution < -0.4 is 5.32 Å². The van der Waals surface area contributed by atoms with Gasteiger partial charge in [-0.2, -0.15) is 0 Å². The molecule has 0 atom stereocenters. The Balaban J connectivity index is 1.49. The van der Waals surface area contributed by atoms with Gasteiger partial charge in [0.2, 0.25) is 5.91 Å². The van der Waals surface area contributed by atoms with E-state index in [9.17, 15) is 4.79 Å². The Hall–Kier alpha value is -1.50. The Morgan fingerprint density at radius 3 is 2.74 bits per heavy atom. The van der Waals surface area contributed by atoms with Crippen LogP contribution in [-0.4, -0.2) is 10.9 Å². The molecule has 0 unspecified atom stereocenters. The molecule has 1 aromatic carbocycles. The zero-order valence-electron chi connectivity index (χ0n) is 12.3. The third-order valence-electron chi connectivity index (χ3n) is 3.28. The van der Waals surface area contributed by atoms with Crippen LogP contribution in [0.25, 0.3) is 11.3 Å². The monoisotopic (exact) mass is 406 g/mol. The standard InChI is InChI=1S/C17H15BrN2OS2/c18-15-10-9-13(23-15)7-4-8-16(21)20-17-19-14(11-22-17)12-5-2-1-3-6-12/h1-3,5-6,9-11H,4,7-8H2,(H,19,20,21). The average molecular weight is 407 g/mol. The normalized spacial score (nSPS) is 10.7. The molecule has 3 rings (SSSR count). The lowest BCUT2D eigenvalue weighted by molar-refractivity contribution is -0.116. The van der Waals surface area contributed by atoms with Crippen LogP contribution >= 0.6 is 38.6 Å². The summed E-state index contributed by atoms with van der Waals surface area (Å²) in [5, 5.41) is 5.51. The van der Waals surface area contributed by atoms with Crippen molar-refractivity contribution in [2.24, 2.45) is 0 Å². The van der Waals surface area contributed by atoms with Gasteiger partial charge < -0.3 is 5.32 Å². The topological polar surface area (TPSA) is 42.0 Å². The molecule has 0 aliphatic rings. The molecule has 1 N–H and O–H groups in total. The lowest BCUT2D eigenvalue weighted by atomic mass is 10.2. The summed E-state index contributed by atoms with van der Waals surface area (Å²) in [6, 6.07) is 14.1. The van der Waals surface area contributed by atoms with Gasteiger partial charge >= 0.3 is 0 Å². The van der Waals surface area contributed by atoms with Crippen LogP contribution in [-0.2, 0) is 11.2 Å². The van der Waals surface area contributed by atoms with Crippen LogP contribution in [0.1, 0.15) is 17.7 Å². The van der Waals surface area contributed by atoms with Gasteiger partial charge in [0.25, 0.3) is 0 Å². The first-order valence-electron chi connectivity index (χ1n) is 7.26. The number of carbonyl (C=O) groups excluding carboxylic acids is 1. The minimum atomic E-state index is 0.0228. The molecular formula is C17H15BrN2OS2. The quantitative estimate of drug-likeness (QED) is 0.578. The predicted molar refractivity (Wildman–Crippen MR) is 101 cm³/mol. The van der Waals surface area contributed by atoms with Crippen LogP contribution in [0.15, 0.2) is 51.6 Å². The summed E-state index contributed by atoms with van der Waals surface area (Å²) in [4.78, 5) is 17.8. The molecule has 118 valence electrons. The van der Waals surface area contributed by atoms with E-state index in [-0.39, 0.29) is 5.91 Å². The van der Waals surface area contributed by atoms with Crippen LogP contribution in [0.5, 0.6) is 0 Å². The van der Waals surface area contributed by atoms with Crippen molar-refractivity contribution < 1.29 is 4.79 Å². The first-order chi connectivity index (χ1) is 11.2. The van der Waals surface area contributed by atoms with Crippen LogP contribution in [0.2, 0.25) is 0 Å². The number of carbonyl (C=O) groups is 1. The van der Waals surface area contributed by atoms with Crippen LogP contribution in [0.4, 0.5) is 5.13 Å². The summed E-state index contributed by atoms with van der Waals surface area (Å²) in [5.41, 5.74) is 1.96. The predicted octanol–water partition coefficient (Wildman–Crippen LogP) is 5.60. The van der Waals surface area contributed by atoms with Crippen molar-refractivity contribution in [2.45, 2.75) is 19.3 Å². The SMILES string of the molecule is O=C(CCCc1ccc(Br)s1)Nc1nc(-c2ccccc2)cs1. The lowest BCUT2D eigenvalue weighted by Gasteiger charge is -2.01. The van der Waals surface area contributed by atoms with E-state index < -0.39 is 0 Å². The molecule has 2 aromatic heterocycles. The fraction of sp³-hybridized carbons (Fsp3) is 0.176. The largest absolute Gasteiger partial charge is 0.302 e. The summed E-state index contributed by atoms with van der Waals surface area (Å²) in [7, 11) is 0. The molecule has 0 saturated carbocycles. The molecule has 0 fully saturated rings. The van der Waals surface area contributed by atoms with E-state index in [0.29, 0.717) is 11.6 Å². The zero-order valence-corrected chi connectivity index (χ0v) is 15.5. The second kappa shape index (κ2) is 7.86. The molecule has 0 spiro atoms. The van der Waals surface area contributed by atoms with Gasteiger partial charge in [0.15, 0.2) is 5.13 Å². The van der Waals surface area contributed by atoms with Gasteiger partial charge in [0, 0.05) is 22.2 Å². The van der Waals surface area contributed by atoms with Crippen molar-refractivity contribution in [3.8, 4) is 11.3 Å². The Labute approximate surface area is 151 Å². The molecule has 0 radical (unpaired) electrons. The van der Waals surface area contributed by atoms with Crippen molar-refractivity contribution in [3.63, 3.8) is 0 Å². The van der Waals surface area contributed by atoms with Crippen molar-refractivity contribution in [2.75, 3.05) is 5.32 Å². The van der Waals surface area contributed by atoms with Gasteiger partial charge in [-0.15, -0.1) is 22.7 Å². The highest BCUT2D eigenvalue weighted by atomic mass is 79.9. The molecule has 0 bridgehead atoms. The van der Waals surface area contributed by atoms with Crippen LogP contribution in [0.3, 0.4) is 0 Å². The summed E-state index contributed by atoms with van der Waals surface area (Å²) >= 11 is 6.63. The van der Waals surface area contributed by atoms with Gasteiger partial charge in [0.05, 0.1) is 9.48 Å². The molecule has 0 aliphatic carbocycles. The number of aromatic nitrogens is 1. The Kier molecular flexibility index (Phi) is 5.59. The molecule has 0 aliphatic heterocycles. The van der Waals surface area contributed by atoms with E-state index >= 15 is 0 Å². The van der Waals surface area contributed by atoms with Crippen molar-refractivity contribution in [1.82, 2.24) is 4.98 Å². The molecule has 6 heteroatoms. The molecule has 2 heterocycles. The number of hydrogen-bond donors (Lipinski definition) is 1. The Morgan fingerprint density at radius 2 is 2.00 bits per heavy atom. The minimum Gasteiger partial charge on any atom is -0.302 e.